The van der Waals surface area contributed by atoms with Gasteiger partial charge in [-0.3, -0.25) is 9.59 Å². The Morgan fingerprint density at radius 3 is 2.45 bits per heavy atom. The van der Waals surface area contributed by atoms with Crippen molar-refractivity contribution in [3.05, 3.63) is 35.9 Å². The van der Waals surface area contributed by atoms with Gasteiger partial charge in [0, 0.05) is 13.1 Å². The molecule has 1 saturated carbocycles. The zero-order valence-corrected chi connectivity index (χ0v) is 12.7. The Balaban J connectivity index is 1.69. The molecule has 3 N–H and O–H groups in total. The van der Waals surface area contributed by atoms with Crippen molar-refractivity contribution in [2.75, 3.05) is 12.3 Å². The van der Waals surface area contributed by atoms with Crippen LogP contribution >= 0.6 is 0 Å². The van der Waals surface area contributed by atoms with E-state index in [1.807, 2.05) is 30.3 Å². The number of rotatable bonds is 8. The highest BCUT2D eigenvalue weighted by atomic mass is 32.2. The van der Waals surface area contributed by atoms with Crippen molar-refractivity contribution in [1.82, 2.24) is 10.0 Å². The number of carboxylic acids is 1. The molecule has 22 heavy (non-hydrogen) atoms. The van der Waals surface area contributed by atoms with Crippen molar-refractivity contribution in [2.24, 2.45) is 11.8 Å². The monoisotopic (exact) mass is 326 g/mol. The van der Waals surface area contributed by atoms with Crippen LogP contribution in [-0.4, -0.2) is 37.7 Å². The van der Waals surface area contributed by atoms with Crippen LogP contribution < -0.4 is 10.0 Å². The zero-order valence-electron chi connectivity index (χ0n) is 11.9. The van der Waals surface area contributed by atoms with E-state index >= 15 is 0 Å². The molecule has 1 amide bonds. The highest BCUT2D eigenvalue weighted by Crippen LogP contribution is 2.38. The highest BCUT2D eigenvalue weighted by Gasteiger charge is 2.48. The van der Waals surface area contributed by atoms with Crippen LogP contribution in [0.4, 0.5) is 0 Å². The fourth-order valence-electron chi connectivity index (χ4n) is 2.06. The molecule has 1 aliphatic rings. The van der Waals surface area contributed by atoms with Crippen molar-refractivity contribution >= 4 is 21.9 Å². The second kappa shape index (κ2) is 6.89. The summed E-state index contributed by atoms with van der Waals surface area (Å²) in [5.74, 6) is -2.79. The lowest BCUT2D eigenvalue weighted by atomic mass is 10.2. The molecular weight excluding hydrogens is 308 g/mol. The molecule has 0 radical (unpaired) electrons. The molecule has 1 aromatic carbocycles. The van der Waals surface area contributed by atoms with E-state index in [2.05, 4.69) is 10.0 Å². The quantitative estimate of drug-likeness (QED) is 0.620. The molecular formula is C14H18N2O5S. The number of nitrogens with one attached hydrogen (secondary N) is 2. The van der Waals surface area contributed by atoms with Crippen LogP contribution in [0.5, 0.6) is 0 Å². The van der Waals surface area contributed by atoms with Crippen LogP contribution in [0.25, 0.3) is 0 Å². The smallest absolute Gasteiger partial charge is 0.307 e. The minimum atomic E-state index is -3.49. The Hall–Kier alpha value is -1.93. The summed E-state index contributed by atoms with van der Waals surface area (Å²) in [4.78, 5) is 22.2. The normalized spacial score (nSPS) is 20.4. The summed E-state index contributed by atoms with van der Waals surface area (Å²) in [6, 6.07) is 9.10. The molecule has 1 fully saturated rings. The lowest BCUT2D eigenvalue weighted by molar-refractivity contribution is -0.140. The second-order valence-corrected chi connectivity index (χ2v) is 7.13. The second-order valence-electron chi connectivity index (χ2n) is 5.20. The third-order valence-electron chi connectivity index (χ3n) is 3.45. The molecule has 0 bridgehead atoms. The molecule has 2 rings (SSSR count). The molecule has 7 nitrogen and oxygen atoms in total. The zero-order chi connectivity index (χ0) is 16.2. The van der Waals surface area contributed by atoms with E-state index in [1.165, 1.54) is 0 Å². The SMILES string of the molecule is O=C(O)C1CC1C(=O)NCCS(=O)(=O)NCc1ccccc1. The average Bonchev–Trinajstić information content (AvgIpc) is 3.27. The molecule has 120 valence electrons. The number of aliphatic carboxylic acids is 1. The van der Waals surface area contributed by atoms with E-state index in [0.717, 1.165) is 5.56 Å². The first-order valence-corrected chi connectivity index (χ1v) is 8.56. The Bertz CT molecular complexity index is 644. The van der Waals surface area contributed by atoms with Gasteiger partial charge in [-0.05, 0) is 12.0 Å². The fourth-order valence-corrected chi connectivity index (χ4v) is 2.96. The molecule has 0 saturated heterocycles. The first-order valence-electron chi connectivity index (χ1n) is 6.91. The molecule has 2 unspecified atom stereocenters. The predicted molar refractivity (Wildman–Crippen MR) is 79.3 cm³/mol. The maximum Gasteiger partial charge on any atom is 0.307 e. The summed E-state index contributed by atoms with van der Waals surface area (Å²) in [7, 11) is -3.49. The predicted octanol–water partition coefficient (Wildman–Crippen LogP) is -0.0571. The average molecular weight is 326 g/mol. The van der Waals surface area contributed by atoms with E-state index in [-0.39, 0.29) is 18.8 Å². The standard InChI is InChI=1S/C14H18N2O5S/c17-13(11-8-12(11)14(18)19)15-6-7-22(20,21)16-9-10-4-2-1-3-5-10/h1-5,11-12,16H,6-9H2,(H,15,17)(H,18,19). The van der Waals surface area contributed by atoms with Crippen molar-refractivity contribution < 1.29 is 23.1 Å². The molecule has 0 heterocycles. The first kappa shape index (κ1) is 16.4. The van der Waals surface area contributed by atoms with Crippen LogP contribution in [-0.2, 0) is 26.2 Å². The van der Waals surface area contributed by atoms with E-state index in [4.69, 9.17) is 5.11 Å². The molecule has 0 aliphatic heterocycles. The number of hydrogen-bond acceptors (Lipinski definition) is 4. The maximum absolute atomic E-state index is 11.8. The lowest BCUT2D eigenvalue weighted by Gasteiger charge is -2.08. The van der Waals surface area contributed by atoms with E-state index in [0.29, 0.717) is 6.42 Å². The largest absolute Gasteiger partial charge is 0.481 e. The van der Waals surface area contributed by atoms with Crippen LogP contribution in [0.1, 0.15) is 12.0 Å². The van der Waals surface area contributed by atoms with E-state index < -0.39 is 33.7 Å². The van der Waals surface area contributed by atoms with Gasteiger partial charge in [0.2, 0.25) is 15.9 Å². The minimum absolute atomic E-state index is 0.0359. The minimum Gasteiger partial charge on any atom is -0.481 e. The van der Waals surface area contributed by atoms with Crippen LogP contribution in [0.2, 0.25) is 0 Å². The Morgan fingerprint density at radius 2 is 1.86 bits per heavy atom. The van der Waals surface area contributed by atoms with Gasteiger partial charge in [0.25, 0.3) is 0 Å². The van der Waals surface area contributed by atoms with Crippen molar-refractivity contribution in [3.63, 3.8) is 0 Å². The number of sulfonamides is 1. The molecule has 1 aromatic rings. The van der Waals surface area contributed by atoms with E-state index in [9.17, 15) is 18.0 Å². The number of carbonyl (C=O) groups is 2. The van der Waals surface area contributed by atoms with Gasteiger partial charge >= 0.3 is 5.97 Å². The van der Waals surface area contributed by atoms with Gasteiger partial charge < -0.3 is 10.4 Å². The van der Waals surface area contributed by atoms with Crippen molar-refractivity contribution in [2.45, 2.75) is 13.0 Å². The van der Waals surface area contributed by atoms with Gasteiger partial charge in [0.05, 0.1) is 17.6 Å². The Morgan fingerprint density at radius 1 is 1.18 bits per heavy atom. The fraction of sp³-hybridized carbons (Fsp3) is 0.429. The maximum atomic E-state index is 11.8. The van der Waals surface area contributed by atoms with Gasteiger partial charge in [-0.1, -0.05) is 30.3 Å². The van der Waals surface area contributed by atoms with E-state index in [1.54, 1.807) is 0 Å². The van der Waals surface area contributed by atoms with Crippen molar-refractivity contribution in [3.8, 4) is 0 Å². The van der Waals surface area contributed by atoms with Crippen LogP contribution in [0.15, 0.2) is 30.3 Å². The molecule has 8 heteroatoms. The first-order chi connectivity index (χ1) is 10.4. The van der Waals surface area contributed by atoms with Crippen molar-refractivity contribution in [1.29, 1.82) is 0 Å². The number of benzene rings is 1. The molecule has 1 aliphatic carbocycles. The molecule has 0 aromatic heterocycles. The van der Waals surface area contributed by atoms with Crippen LogP contribution in [0.3, 0.4) is 0 Å². The van der Waals surface area contributed by atoms with Gasteiger partial charge in [0.15, 0.2) is 0 Å². The lowest BCUT2D eigenvalue weighted by Crippen LogP contribution is -2.35. The highest BCUT2D eigenvalue weighted by molar-refractivity contribution is 7.89. The Labute approximate surface area is 128 Å². The summed E-state index contributed by atoms with van der Waals surface area (Å²) in [5.41, 5.74) is 0.845. The summed E-state index contributed by atoms with van der Waals surface area (Å²) in [5, 5.41) is 11.2. The Kier molecular flexibility index (Phi) is 5.15. The van der Waals surface area contributed by atoms with Gasteiger partial charge in [-0.2, -0.15) is 0 Å². The topological polar surface area (TPSA) is 113 Å². The number of carboxylic acid groups (broad SMARTS) is 1. The van der Waals surface area contributed by atoms with Gasteiger partial charge in [-0.15, -0.1) is 0 Å². The number of hydrogen-bond donors (Lipinski definition) is 3. The molecule has 2 atom stereocenters. The van der Waals surface area contributed by atoms with Crippen LogP contribution in [0, 0.1) is 11.8 Å². The summed E-state index contributed by atoms with van der Waals surface area (Å²) >= 11 is 0. The summed E-state index contributed by atoms with van der Waals surface area (Å²) in [6.07, 6.45) is 0.320. The third-order valence-corrected chi connectivity index (χ3v) is 4.78. The molecule has 0 spiro atoms. The number of amides is 1. The van der Waals surface area contributed by atoms with Gasteiger partial charge in [-0.25, -0.2) is 13.1 Å². The number of carbonyl (C=O) groups excluding carboxylic acids is 1. The summed E-state index contributed by atoms with van der Waals surface area (Å²) < 4.78 is 26.0. The summed E-state index contributed by atoms with van der Waals surface area (Å²) in [6.45, 7) is 0.159. The third kappa shape index (κ3) is 4.81. The van der Waals surface area contributed by atoms with Gasteiger partial charge in [0.1, 0.15) is 0 Å².